The van der Waals surface area contributed by atoms with Crippen molar-refractivity contribution in [2.75, 3.05) is 12.3 Å². The van der Waals surface area contributed by atoms with Crippen molar-refractivity contribution in [3.05, 3.63) is 22.3 Å². The molecule has 0 radical (unpaired) electrons. The standard InChI is InChI=1S/C12H20ClN3O.H2S/c1-7-8(5-9(13)11(14)16-7)10(17)6-15-12(2,3)4;/h5,10,15,17H,6H2,1-4H3,(H2,14,16);1H2/t10-;/m1./s1. The molecule has 0 aliphatic carbocycles. The molecule has 1 rings (SSSR count). The predicted octanol–water partition coefficient (Wildman–Crippen LogP) is 2.16. The van der Waals surface area contributed by atoms with Crippen LogP contribution in [0.1, 0.15) is 38.1 Å². The highest BCUT2D eigenvalue weighted by Gasteiger charge is 2.16. The Kier molecular flexibility index (Phi) is 6.43. The molecule has 0 saturated carbocycles. The molecule has 4 nitrogen and oxygen atoms in total. The van der Waals surface area contributed by atoms with Crippen LogP contribution >= 0.6 is 25.1 Å². The molecule has 1 aromatic rings. The van der Waals surface area contributed by atoms with E-state index in [0.29, 0.717) is 28.6 Å². The number of aryl methyl sites for hydroxylation is 1. The number of halogens is 1. The smallest absolute Gasteiger partial charge is 0.142 e. The highest BCUT2D eigenvalue weighted by Crippen LogP contribution is 2.24. The third kappa shape index (κ3) is 5.02. The van der Waals surface area contributed by atoms with E-state index in [1.165, 1.54) is 0 Å². The summed E-state index contributed by atoms with van der Waals surface area (Å²) in [6, 6.07) is 1.67. The van der Waals surface area contributed by atoms with Gasteiger partial charge in [0.2, 0.25) is 0 Å². The molecular formula is C12H22ClN3OS. The second-order valence-corrected chi connectivity index (χ2v) is 5.58. The largest absolute Gasteiger partial charge is 0.387 e. The lowest BCUT2D eigenvalue weighted by Gasteiger charge is -2.23. The number of β-amino-alcohol motifs (C(OH)–C–C–N with tert-alkyl or cyclic N) is 1. The molecule has 0 amide bonds. The summed E-state index contributed by atoms with van der Waals surface area (Å²) in [6.07, 6.45) is -0.639. The minimum atomic E-state index is -0.639. The number of anilines is 1. The van der Waals surface area contributed by atoms with Crippen molar-refractivity contribution in [3.8, 4) is 0 Å². The number of aliphatic hydroxyl groups excluding tert-OH is 1. The second kappa shape index (κ2) is 6.61. The second-order valence-electron chi connectivity index (χ2n) is 5.18. The van der Waals surface area contributed by atoms with Gasteiger partial charge < -0.3 is 16.2 Å². The Hall–Kier alpha value is -0.490. The van der Waals surface area contributed by atoms with Crippen molar-refractivity contribution in [1.29, 1.82) is 0 Å². The first-order chi connectivity index (χ1) is 7.70. The van der Waals surface area contributed by atoms with Gasteiger partial charge >= 0.3 is 0 Å². The minimum Gasteiger partial charge on any atom is -0.387 e. The lowest BCUT2D eigenvalue weighted by molar-refractivity contribution is 0.162. The van der Waals surface area contributed by atoms with Crippen LogP contribution in [0.5, 0.6) is 0 Å². The zero-order valence-corrected chi connectivity index (χ0v) is 13.0. The number of hydrogen-bond acceptors (Lipinski definition) is 4. The van der Waals surface area contributed by atoms with Crippen molar-refractivity contribution in [3.63, 3.8) is 0 Å². The maximum Gasteiger partial charge on any atom is 0.142 e. The van der Waals surface area contributed by atoms with Gasteiger partial charge in [-0.3, -0.25) is 0 Å². The highest BCUT2D eigenvalue weighted by atomic mass is 35.5. The number of nitrogens with two attached hydrogens (primary N) is 1. The molecule has 0 fully saturated rings. The third-order valence-corrected chi connectivity index (χ3v) is 2.72. The molecule has 0 saturated heterocycles. The molecule has 18 heavy (non-hydrogen) atoms. The van der Waals surface area contributed by atoms with E-state index >= 15 is 0 Å². The van der Waals surface area contributed by atoms with Crippen LogP contribution in [0.4, 0.5) is 5.82 Å². The monoisotopic (exact) mass is 291 g/mol. The van der Waals surface area contributed by atoms with Crippen LogP contribution in [0.15, 0.2) is 6.07 Å². The average molecular weight is 292 g/mol. The predicted molar refractivity (Wildman–Crippen MR) is 81.5 cm³/mol. The number of aromatic nitrogens is 1. The van der Waals surface area contributed by atoms with E-state index in [1.807, 2.05) is 27.7 Å². The highest BCUT2D eigenvalue weighted by molar-refractivity contribution is 7.59. The van der Waals surface area contributed by atoms with Gasteiger partial charge in [0.25, 0.3) is 0 Å². The Balaban J connectivity index is 0.00000289. The molecule has 0 aliphatic rings. The van der Waals surface area contributed by atoms with E-state index in [4.69, 9.17) is 17.3 Å². The van der Waals surface area contributed by atoms with E-state index in [-0.39, 0.29) is 19.0 Å². The summed E-state index contributed by atoms with van der Waals surface area (Å²) in [5, 5.41) is 13.7. The van der Waals surface area contributed by atoms with Gasteiger partial charge in [-0.2, -0.15) is 13.5 Å². The average Bonchev–Trinajstić information content (AvgIpc) is 2.19. The number of nitrogens with one attached hydrogen (secondary N) is 1. The fraction of sp³-hybridized carbons (Fsp3) is 0.583. The number of aliphatic hydroxyl groups is 1. The Morgan fingerprint density at radius 2 is 2.06 bits per heavy atom. The zero-order chi connectivity index (χ0) is 13.2. The van der Waals surface area contributed by atoms with Crippen molar-refractivity contribution in [2.45, 2.75) is 39.3 Å². The van der Waals surface area contributed by atoms with Gasteiger partial charge in [-0.1, -0.05) is 11.6 Å². The molecule has 1 heterocycles. The summed E-state index contributed by atoms with van der Waals surface area (Å²) in [7, 11) is 0. The molecule has 0 bridgehead atoms. The molecule has 1 aromatic heterocycles. The Labute approximate surface area is 120 Å². The van der Waals surface area contributed by atoms with Crippen molar-refractivity contribution in [1.82, 2.24) is 10.3 Å². The molecule has 0 spiro atoms. The number of nitrogen functional groups attached to an aromatic ring is 1. The quantitative estimate of drug-likeness (QED) is 0.798. The molecule has 0 aromatic carbocycles. The fourth-order valence-corrected chi connectivity index (χ4v) is 1.62. The lowest BCUT2D eigenvalue weighted by Crippen LogP contribution is -2.38. The Morgan fingerprint density at radius 1 is 1.50 bits per heavy atom. The maximum atomic E-state index is 10.1. The van der Waals surface area contributed by atoms with Crippen LogP contribution in [0.3, 0.4) is 0 Å². The van der Waals surface area contributed by atoms with Crippen LogP contribution < -0.4 is 11.1 Å². The Bertz CT molecular complexity index is 407. The maximum absolute atomic E-state index is 10.1. The molecular weight excluding hydrogens is 270 g/mol. The van der Waals surface area contributed by atoms with Crippen LogP contribution in [0.2, 0.25) is 5.02 Å². The van der Waals surface area contributed by atoms with Gasteiger partial charge in [-0.15, -0.1) is 0 Å². The van der Waals surface area contributed by atoms with Crippen molar-refractivity contribution >= 4 is 30.9 Å². The van der Waals surface area contributed by atoms with E-state index in [2.05, 4.69) is 10.3 Å². The van der Waals surface area contributed by atoms with Crippen LogP contribution in [-0.4, -0.2) is 22.2 Å². The van der Waals surface area contributed by atoms with E-state index in [0.717, 1.165) is 0 Å². The van der Waals surface area contributed by atoms with E-state index < -0.39 is 6.10 Å². The summed E-state index contributed by atoms with van der Waals surface area (Å²) in [5.41, 5.74) is 6.96. The minimum absolute atomic E-state index is 0. The lowest BCUT2D eigenvalue weighted by atomic mass is 10.1. The third-order valence-electron chi connectivity index (χ3n) is 2.42. The molecule has 104 valence electrons. The van der Waals surface area contributed by atoms with Gasteiger partial charge in [0, 0.05) is 23.3 Å². The van der Waals surface area contributed by atoms with E-state index in [1.54, 1.807) is 6.07 Å². The van der Waals surface area contributed by atoms with Crippen LogP contribution in [0.25, 0.3) is 0 Å². The summed E-state index contributed by atoms with van der Waals surface area (Å²) < 4.78 is 0. The summed E-state index contributed by atoms with van der Waals surface area (Å²) in [6.45, 7) is 8.39. The normalized spacial score (nSPS) is 13.0. The zero-order valence-electron chi connectivity index (χ0n) is 11.2. The number of pyridine rings is 1. The Morgan fingerprint density at radius 3 is 2.56 bits per heavy atom. The first-order valence-corrected chi connectivity index (χ1v) is 5.94. The first kappa shape index (κ1) is 17.5. The number of nitrogens with zero attached hydrogens (tertiary/aromatic N) is 1. The topological polar surface area (TPSA) is 71.2 Å². The van der Waals surface area contributed by atoms with Crippen LogP contribution in [-0.2, 0) is 0 Å². The van der Waals surface area contributed by atoms with Crippen molar-refractivity contribution < 1.29 is 5.11 Å². The SMILES string of the molecule is Cc1nc(N)c(Cl)cc1[C@H](O)CNC(C)(C)C.S. The summed E-state index contributed by atoms with van der Waals surface area (Å²) in [4.78, 5) is 4.10. The number of hydrogen-bond donors (Lipinski definition) is 3. The fourth-order valence-electron chi connectivity index (χ4n) is 1.46. The van der Waals surface area contributed by atoms with Crippen molar-refractivity contribution in [2.24, 2.45) is 0 Å². The van der Waals surface area contributed by atoms with Gasteiger partial charge in [0.05, 0.1) is 11.1 Å². The van der Waals surface area contributed by atoms with Crippen LogP contribution in [0, 0.1) is 6.92 Å². The number of rotatable bonds is 3. The molecule has 0 unspecified atom stereocenters. The van der Waals surface area contributed by atoms with Gasteiger partial charge in [0.15, 0.2) is 0 Å². The molecule has 0 aliphatic heterocycles. The van der Waals surface area contributed by atoms with Gasteiger partial charge in [-0.25, -0.2) is 4.98 Å². The van der Waals surface area contributed by atoms with E-state index in [9.17, 15) is 5.11 Å². The molecule has 6 heteroatoms. The van der Waals surface area contributed by atoms with Gasteiger partial charge in [0.1, 0.15) is 5.82 Å². The summed E-state index contributed by atoms with van der Waals surface area (Å²) >= 11 is 5.90. The molecule has 4 N–H and O–H groups in total. The summed E-state index contributed by atoms with van der Waals surface area (Å²) in [5.74, 6) is 0.295. The first-order valence-electron chi connectivity index (χ1n) is 5.56. The molecule has 1 atom stereocenters. The van der Waals surface area contributed by atoms with Gasteiger partial charge in [-0.05, 0) is 33.8 Å².